The van der Waals surface area contributed by atoms with Gasteiger partial charge in [-0.2, -0.15) is 0 Å². The van der Waals surface area contributed by atoms with Gasteiger partial charge in [-0.1, -0.05) is 25.7 Å². The predicted octanol–water partition coefficient (Wildman–Crippen LogP) is 3.81. The first kappa shape index (κ1) is 14.5. The van der Waals surface area contributed by atoms with Gasteiger partial charge in [0.25, 0.3) is 0 Å². The summed E-state index contributed by atoms with van der Waals surface area (Å²) in [6.45, 7) is 8.81. The average Bonchev–Trinajstić information content (AvgIpc) is 3.07. The summed E-state index contributed by atoms with van der Waals surface area (Å²) in [5, 5.41) is 3.97. The highest BCUT2D eigenvalue weighted by Crippen LogP contribution is 2.49. The second-order valence-corrected chi connectivity index (χ2v) is 9.32. The molecule has 1 aliphatic heterocycles. The highest BCUT2D eigenvalue weighted by atomic mass is 15.3. The van der Waals surface area contributed by atoms with Gasteiger partial charge in [0.2, 0.25) is 0 Å². The molecule has 0 aromatic carbocycles. The first-order valence-electron chi connectivity index (χ1n) is 9.56. The third kappa shape index (κ3) is 2.67. The van der Waals surface area contributed by atoms with E-state index in [0.29, 0.717) is 11.1 Å². The lowest BCUT2D eigenvalue weighted by Crippen LogP contribution is -2.69. The van der Waals surface area contributed by atoms with Crippen LogP contribution in [-0.4, -0.2) is 35.6 Å². The Morgan fingerprint density at radius 1 is 1.05 bits per heavy atom. The molecule has 120 valence electrons. The molecule has 4 rings (SSSR count). The zero-order valence-corrected chi connectivity index (χ0v) is 14.2. The largest absolute Gasteiger partial charge is 0.308 e. The van der Waals surface area contributed by atoms with E-state index in [0.717, 1.165) is 17.8 Å². The standard InChI is InChI=1S/C19H34N2/c1-18(2)13-20-19(8-4-3-5-9-19)14-21(18)12-17-11-15-6-7-16(17)10-15/h15-17,20H,3-14H2,1-2H3. The van der Waals surface area contributed by atoms with Crippen LogP contribution in [0.4, 0.5) is 0 Å². The highest BCUT2D eigenvalue weighted by Gasteiger charge is 2.46. The van der Waals surface area contributed by atoms with E-state index in [-0.39, 0.29) is 0 Å². The van der Waals surface area contributed by atoms with Crippen molar-refractivity contribution in [2.75, 3.05) is 19.6 Å². The lowest BCUT2D eigenvalue weighted by atomic mass is 9.77. The van der Waals surface area contributed by atoms with Crippen LogP contribution in [0.2, 0.25) is 0 Å². The summed E-state index contributed by atoms with van der Waals surface area (Å²) < 4.78 is 0. The van der Waals surface area contributed by atoms with Crippen molar-refractivity contribution in [2.24, 2.45) is 17.8 Å². The maximum absolute atomic E-state index is 3.97. The SMILES string of the molecule is CC1(C)CNC2(CCCCC2)CN1CC1CC2CCC1C2. The molecule has 4 aliphatic rings. The van der Waals surface area contributed by atoms with Gasteiger partial charge < -0.3 is 5.32 Å². The fourth-order valence-electron chi connectivity index (χ4n) is 5.91. The van der Waals surface area contributed by atoms with Gasteiger partial charge in [-0.15, -0.1) is 0 Å². The summed E-state index contributed by atoms with van der Waals surface area (Å²) in [6.07, 6.45) is 13.3. The molecule has 2 heteroatoms. The number of rotatable bonds is 2. The predicted molar refractivity (Wildman–Crippen MR) is 88.4 cm³/mol. The Balaban J connectivity index is 1.45. The quantitative estimate of drug-likeness (QED) is 0.832. The molecule has 1 spiro atoms. The van der Waals surface area contributed by atoms with Crippen molar-refractivity contribution in [3.8, 4) is 0 Å². The number of fused-ring (bicyclic) bond motifs is 2. The van der Waals surface area contributed by atoms with Gasteiger partial charge in [0.15, 0.2) is 0 Å². The lowest BCUT2D eigenvalue weighted by molar-refractivity contribution is -0.00501. The molecule has 3 saturated carbocycles. The minimum Gasteiger partial charge on any atom is -0.308 e. The Hall–Kier alpha value is -0.0800. The van der Waals surface area contributed by atoms with Crippen LogP contribution in [0.3, 0.4) is 0 Å². The van der Waals surface area contributed by atoms with Crippen molar-refractivity contribution in [3.63, 3.8) is 0 Å². The van der Waals surface area contributed by atoms with Crippen molar-refractivity contribution in [3.05, 3.63) is 0 Å². The molecule has 3 unspecified atom stereocenters. The van der Waals surface area contributed by atoms with Crippen LogP contribution in [0.15, 0.2) is 0 Å². The smallest absolute Gasteiger partial charge is 0.0309 e. The summed E-state index contributed by atoms with van der Waals surface area (Å²) in [4.78, 5) is 2.89. The van der Waals surface area contributed by atoms with E-state index < -0.39 is 0 Å². The third-order valence-electron chi connectivity index (χ3n) is 7.40. The van der Waals surface area contributed by atoms with E-state index in [4.69, 9.17) is 0 Å². The molecule has 2 bridgehead atoms. The molecule has 3 atom stereocenters. The normalized spacial score (nSPS) is 41.7. The molecule has 1 heterocycles. The molecule has 4 fully saturated rings. The zero-order valence-electron chi connectivity index (χ0n) is 14.2. The van der Waals surface area contributed by atoms with Crippen molar-refractivity contribution in [2.45, 2.75) is 82.7 Å². The van der Waals surface area contributed by atoms with Gasteiger partial charge in [-0.3, -0.25) is 4.90 Å². The molecule has 1 saturated heterocycles. The van der Waals surface area contributed by atoms with Crippen molar-refractivity contribution in [1.29, 1.82) is 0 Å². The van der Waals surface area contributed by atoms with E-state index in [1.54, 1.807) is 6.42 Å². The second-order valence-electron chi connectivity index (χ2n) is 9.32. The first-order valence-corrected chi connectivity index (χ1v) is 9.56. The van der Waals surface area contributed by atoms with Gasteiger partial charge in [0.05, 0.1) is 0 Å². The number of nitrogens with one attached hydrogen (secondary N) is 1. The zero-order chi connectivity index (χ0) is 14.5. The van der Waals surface area contributed by atoms with Crippen LogP contribution in [0.5, 0.6) is 0 Å². The Bertz CT molecular complexity index is 383. The van der Waals surface area contributed by atoms with Crippen LogP contribution >= 0.6 is 0 Å². The number of hydrogen-bond donors (Lipinski definition) is 1. The van der Waals surface area contributed by atoms with Gasteiger partial charge >= 0.3 is 0 Å². The van der Waals surface area contributed by atoms with Crippen molar-refractivity contribution >= 4 is 0 Å². The van der Waals surface area contributed by atoms with Gasteiger partial charge in [-0.05, 0) is 63.7 Å². The van der Waals surface area contributed by atoms with Gasteiger partial charge in [-0.25, -0.2) is 0 Å². The number of nitrogens with zero attached hydrogens (tertiary/aromatic N) is 1. The summed E-state index contributed by atoms with van der Waals surface area (Å²) in [5.74, 6) is 3.18. The summed E-state index contributed by atoms with van der Waals surface area (Å²) >= 11 is 0. The van der Waals surface area contributed by atoms with Crippen LogP contribution in [-0.2, 0) is 0 Å². The molecular weight excluding hydrogens is 256 g/mol. The maximum atomic E-state index is 3.97. The first-order chi connectivity index (χ1) is 10.1. The van der Waals surface area contributed by atoms with E-state index in [2.05, 4.69) is 24.1 Å². The summed E-state index contributed by atoms with van der Waals surface area (Å²) in [6, 6.07) is 0. The summed E-state index contributed by atoms with van der Waals surface area (Å²) in [5.41, 5.74) is 0.815. The Labute approximate surface area is 131 Å². The van der Waals surface area contributed by atoms with Crippen LogP contribution in [0.1, 0.15) is 71.6 Å². The topological polar surface area (TPSA) is 15.3 Å². The van der Waals surface area contributed by atoms with E-state index >= 15 is 0 Å². The maximum Gasteiger partial charge on any atom is 0.0309 e. The minimum atomic E-state index is 0.352. The van der Waals surface area contributed by atoms with Crippen molar-refractivity contribution in [1.82, 2.24) is 10.2 Å². The lowest BCUT2D eigenvalue weighted by Gasteiger charge is -2.54. The summed E-state index contributed by atoms with van der Waals surface area (Å²) in [7, 11) is 0. The molecule has 21 heavy (non-hydrogen) atoms. The molecule has 3 aliphatic carbocycles. The van der Waals surface area contributed by atoms with Crippen LogP contribution in [0.25, 0.3) is 0 Å². The van der Waals surface area contributed by atoms with Crippen LogP contribution < -0.4 is 5.32 Å². The monoisotopic (exact) mass is 290 g/mol. The Kier molecular flexibility index (Phi) is 3.61. The average molecular weight is 290 g/mol. The fraction of sp³-hybridized carbons (Fsp3) is 1.00. The molecule has 0 aromatic heterocycles. The van der Waals surface area contributed by atoms with E-state index in [1.807, 2.05) is 0 Å². The molecule has 0 amide bonds. The van der Waals surface area contributed by atoms with Crippen LogP contribution in [0, 0.1) is 17.8 Å². The number of hydrogen-bond acceptors (Lipinski definition) is 2. The Morgan fingerprint density at radius 3 is 2.52 bits per heavy atom. The third-order valence-corrected chi connectivity index (χ3v) is 7.40. The fourth-order valence-corrected chi connectivity index (χ4v) is 5.91. The molecule has 2 nitrogen and oxygen atoms in total. The molecular formula is C19H34N2. The minimum absolute atomic E-state index is 0.352. The molecule has 0 aromatic rings. The van der Waals surface area contributed by atoms with E-state index in [1.165, 1.54) is 71.0 Å². The van der Waals surface area contributed by atoms with E-state index in [9.17, 15) is 0 Å². The highest BCUT2D eigenvalue weighted by molar-refractivity contribution is 5.04. The second kappa shape index (κ2) is 5.23. The van der Waals surface area contributed by atoms with Gasteiger partial charge in [0, 0.05) is 30.7 Å². The molecule has 0 radical (unpaired) electrons. The Morgan fingerprint density at radius 2 is 1.86 bits per heavy atom. The van der Waals surface area contributed by atoms with Gasteiger partial charge in [0.1, 0.15) is 0 Å². The van der Waals surface area contributed by atoms with Crippen molar-refractivity contribution < 1.29 is 0 Å². The number of piperazine rings is 1. The molecule has 1 N–H and O–H groups in total.